The minimum Gasteiger partial charge on any atom is -0.356 e. The number of hydrogen-bond donors (Lipinski definition) is 3. The van der Waals surface area contributed by atoms with Crippen molar-refractivity contribution in [2.24, 2.45) is 23.2 Å². The summed E-state index contributed by atoms with van der Waals surface area (Å²) in [6, 6.07) is -3.95. The number of amides is 4. The van der Waals surface area contributed by atoms with Gasteiger partial charge in [-0.25, -0.2) is 8.42 Å². The third-order valence-corrected chi connectivity index (χ3v) is 8.65. The van der Waals surface area contributed by atoms with Crippen molar-refractivity contribution in [3.8, 4) is 0 Å². The summed E-state index contributed by atoms with van der Waals surface area (Å²) in [4.78, 5) is 52.4. The van der Waals surface area contributed by atoms with E-state index in [9.17, 15) is 45.2 Å². The molecule has 3 aliphatic rings. The Hall–Kier alpha value is -2.71. The van der Waals surface area contributed by atoms with Crippen LogP contribution in [0.5, 0.6) is 0 Å². The first-order valence-electron chi connectivity index (χ1n) is 13.1. The van der Waals surface area contributed by atoms with Crippen molar-refractivity contribution in [3.63, 3.8) is 0 Å². The van der Waals surface area contributed by atoms with Crippen molar-refractivity contribution < 1.29 is 45.2 Å². The molecule has 4 amide bonds. The second kappa shape index (κ2) is 11.6. The number of nitrogens with one attached hydrogen (secondary N) is 3. The van der Waals surface area contributed by atoms with Crippen LogP contribution in [0.1, 0.15) is 52.9 Å². The highest BCUT2D eigenvalue weighted by Gasteiger charge is 2.53. The first kappa shape index (κ1) is 31.8. The number of alkyl halides is 3. The molecule has 1 aliphatic carbocycles. The topological polar surface area (TPSA) is 142 Å². The molecule has 0 aromatic carbocycles. The molecular weight excluding hydrogens is 560 g/mol. The summed E-state index contributed by atoms with van der Waals surface area (Å²) < 4.78 is 77.1. The summed E-state index contributed by atoms with van der Waals surface area (Å²) in [5.41, 5.74) is -1.14. The number of carbonyl (C=O) groups is 4. The molecule has 2 heterocycles. The van der Waals surface area contributed by atoms with E-state index < -0.39 is 68.4 Å². The van der Waals surface area contributed by atoms with Gasteiger partial charge in [-0.05, 0) is 49.0 Å². The number of rotatable bonds is 8. The summed E-state index contributed by atoms with van der Waals surface area (Å²) in [5, 5.41) is 5.50. The quantitative estimate of drug-likeness (QED) is 0.364. The first-order chi connectivity index (χ1) is 18.3. The van der Waals surface area contributed by atoms with Gasteiger partial charge >= 0.3 is 12.1 Å². The van der Waals surface area contributed by atoms with Crippen molar-refractivity contribution >= 4 is 33.5 Å². The molecule has 226 valence electrons. The van der Waals surface area contributed by atoms with Crippen LogP contribution in [-0.2, 0) is 29.0 Å². The van der Waals surface area contributed by atoms with E-state index in [1.54, 1.807) is 5.32 Å². The van der Waals surface area contributed by atoms with Crippen molar-refractivity contribution in [2.75, 3.05) is 19.3 Å². The average molecular weight is 597 g/mol. The standard InChI is InChI=1S/C25H36F4N4O6S/c1-24(2,3)19(32-23(37)25(27,28)29)22(36)33-12-14-6-5-7-16(14)18(33)21(35)31-15(11-17(26)40(4,38)39)10-13-8-9-30-20(13)34/h11,13-16,18-19H,5-10,12H2,1-4H3,(H,30,34)(H,31,35)(H,32,37)/b17-11+/t13-,14-,15-,16-,18-,19-/m0/s1. The van der Waals surface area contributed by atoms with Crippen LogP contribution in [0.4, 0.5) is 17.6 Å². The Morgan fingerprint density at radius 1 is 1.12 bits per heavy atom. The van der Waals surface area contributed by atoms with Crippen LogP contribution in [0.15, 0.2) is 11.2 Å². The Balaban J connectivity index is 1.91. The molecule has 10 nitrogen and oxygen atoms in total. The SMILES string of the molecule is CC(C)(C)[C@@H](NC(=O)C(F)(F)F)C(=O)N1C[C@@H]2CCC[C@@H]2[C@H]1C(=O)N[C@H](/C=C(\F)S(C)(=O)=O)C[C@@H]1CCNC1=O. The van der Waals surface area contributed by atoms with Crippen LogP contribution in [0.3, 0.4) is 0 Å². The van der Waals surface area contributed by atoms with E-state index in [4.69, 9.17) is 0 Å². The van der Waals surface area contributed by atoms with Crippen molar-refractivity contribution in [1.29, 1.82) is 0 Å². The Morgan fingerprint density at radius 3 is 2.30 bits per heavy atom. The van der Waals surface area contributed by atoms with Crippen molar-refractivity contribution in [2.45, 2.75) is 77.2 Å². The Labute approximate surface area is 230 Å². The molecule has 2 aliphatic heterocycles. The molecule has 3 N–H and O–H groups in total. The molecule has 0 spiro atoms. The second-order valence-corrected chi connectivity index (χ2v) is 13.9. The zero-order valence-corrected chi connectivity index (χ0v) is 23.6. The minimum absolute atomic E-state index is 0.0826. The first-order valence-corrected chi connectivity index (χ1v) is 15.0. The molecule has 0 bridgehead atoms. The largest absolute Gasteiger partial charge is 0.471 e. The Bertz CT molecular complexity index is 1170. The second-order valence-electron chi connectivity index (χ2n) is 11.9. The van der Waals surface area contributed by atoms with Crippen LogP contribution in [0.25, 0.3) is 0 Å². The summed E-state index contributed by atoms with van der Waals surface area (Å²) in [7, 11) is -4.24. The average Bonchev–Trinajstić information content (AvgIpc) is 3.50. The smallest absolute Gasteiger partial charge is 0.356 e. The predicted octanol–water partition coefficient (Wildman–Crippen LogP) is 1.57. The maximum absolute atomic E-state index is 14.5. The molecule has 15 heteroatoms. The zero-order valence-electron chi connectivity index (χ0n) is 22.8. The number of hydrogen-bond acceptors (Lipinski definition) is 6. The van der Waals surface area contributed by atoms with Gasteiger partial charge < -0.3 is 20.9 Å². The third-order valence-electron chi connectivity index (χ3n) is 7.80. The highest BCUT2D eigenvalue weighted by atomic mass is 32.2. The van der Waals surface area contributed by atoms with Gasteiger partial charge in [0, 0.05) is 25.3 Å². The van der Waals surface area contributed by atoms with E-state index in [1.807, 2.05) is 0 Å². The molecule has 3 fully saturated rings. The summed E-state index contributed by atoms with van der Waals surface area (Å²) in [6.07, 6.45) is -1.55. The van der Waals surface area contributed by atoms with Crippen molar-refractivity contribution in [1.82, 2.24) is 20.9 Å². The molecule has 3 rings (SSSR count). The van der Waals surface area contributed by atoms with Gasteiger partial charge in [0.1, 0.15) is 12.1 Å². The van der Waals surface area contributed by atoms with Gasteiger partial charge in [-0.3, -0.25) is 19.2 Å². The fraction of sp³-hybridized carbons (Fsp3) is 0.760. The maximum Gasteiger partial charge on any atom is 0.471 e. The number of nitrogens with zero attached hydrogens (tertiary/aromatic N) is 1. The van der Waals surface area contributed by atoms with Crippen LogP contribution >= 0.6 is 0 Å². The molecule has 1 saturated carbocycles. The molecule has 0 radical (unpaired) electrons. The van der Waals surface area contributed by atoms with E-state index in [0.29, 0.717) is 38.1 Å². The third kappa shape index (κ3) is 7.32. The van der Waals surface area contributed by atoms with Gasteiger partial charge in [0.05, 0.1) is 6.04 Å². The lowest BCUT2D eigenvalue weighted by Crippen LogP contribution is -2.60. The highest BCUT2D eigenvalue weighted by Crippen LogP contribution is 2.43. The molecule has 0 aromatic heterocycles. The number of sulfone groups is 1. The monoisotopic (exact) mass is 596 g/mol. The molecule has 40 heavy (non-hydrogen) atoms. The van der Waals surface area contributed by atoms with Crippen molar-refractivity contribution in [3.05, 3.63) is 11.2 Å². The number of likely N-dealkylation sites (tertiary alicyclic amines) is 1. The van der Waals surface area contributed by atoms with Crippen LogP contribution < -0.4 is 16.0 Å². The summed E-state index contributed by atoms with van der Waals surface area (Å²) >= 11 is 0. The van der Waals surface area contributed by atoms with Gasteiger partial charge in [0.2, 0.25) is 32.7 Å². The fourth-order valence-electron chi connectivity index (χ4n) is 5.79. The van der Waals surface area contributed by atoms with E-state index in [2.05, 4.69) is 10.6 Å². The number of carbonyl (C=O) groups excluding carboxylic acids is 4. The Kier molecular flexibility index (Phi) is 9.26. The van der Waals surface area contributed by atoms with Crippen LogP contribution in [0.2, 0.25) is 0 Å². The molecule has 2 saturated heterocycles. The van der Waals surface area contributed by atoms with Gasteiger partial charge in [0.15, 0.2) is 0 Å². The van der Waals surface area contributed by atoms with E-state index >= 15 is 0 Å². The summed E-state index contributed by atoms with van der Waals surface area (Å²) in [5.74, 6) is -5.25. The van der Waals surface area contributed by atoms with Crippen LogP contribution in [-0.4, -0.2) is 80.6 Å². The van der Waals surface area contributed by atoms with Crippen LogP contribution in [0, 0.1) is 23.2 Å². The van der Waals surface area contributed by atoms with E-state index in [1.165, 1.54) is 25.7 Å². The predicted molar refractivity (Wildman–Crippen MR) is 135 cm³/mol. The summed E-state index contributed by atoms with van der Waals surface area (Å²) in [6.45, 7) is 4.91. The molecule has 6 atom stereocenters. The molecular formula is C25H36F4N4O6S. The fourth-order valence-corrected chi connectivity index (χ4v) is 6.20. The van der Waals surface area contributed by atoms with E-state index in [0.717, 1.165) is 6.42 Å². The number of fused-ring (bicyclic) bond motifs is 1. The Morgan fingerprint density at radius 2 is 1.77 bits per heavy atom. The zero-order chi connectivity index (χ0) is 30.2. The van der Waals surface area contributed by atoms with Gasteiger partial charge in [0.25, 0.3) is 0 Å². The lowest BCUT2D eigenvalue weighted by molar-refractivity contribution is -0.176. The van der Waals surface area contributed by atoms with Gasteiger partial charge in [-0.1, -0.05) is 27.2 Å². The minimum atomic E-state index is -5.22. The van der Waals surface area contributed by atoms with Gasteiger partial charge in [-0.15, -0.1) is 0 Å². The molecule has 0 aromatic rings. The molecule has 0 unspecified atom stereocenters. The normalized spacial score (nSPS) is 27.1. The van der Waals surface area contributed by atoms with E-state index in [-0.39, 0.29) is 30.7 Å². The van der Waals surface area contributed by atoms with Gasteiger partial charge in [-0.2, -0.15) is 17.6 Å². The lowest BCUT2D eigenvalue weighted by Gasteiger charge is -2.36. The lowest BCUT2D eigenvalue weighted by atomic mass is 9.85. The highest BCUT2D eigenvalue weighted by molar-refractivity contribution is 7.94. The number of halogens is 4. The maximum atomic E-state index is 14.5.